The van der Waals surface area contributed by atoms with Crippen molar-refractivity contribution in [2.45, 2.75) is 6.18 Å². The second-order valence-corrected chi connectivity index (χ2v) is 7.90. The van der Waals surface area contributed by atoms with Gasteiger partial charge in [0.15, 0.2) is 0 Å². The van der Waals surface area contributed by atoms with Gasteiger partial charge in [0.25, 0.3) is 5.91 Å². The number of alkyl halides is 3. The molecule has 188 valence electrons. The van der Waals surface area contributed by atoms with E-state index in [4.69, 9.17) is 33.7 Å². The molecule has 0 fully saturated rings. The molecule has 0 aliphatic carbocycles. The van der Waals surface area contributed by atoms with Gasteiger partial charge in [0.1, 0.15) is 17.4 Å². The molecule has 0 heterocycles. The van der Waals surface area contributed by atoms with Crippen LogP contribution < -0.4 is 21.1 Å². The van der Waals surface area contributed by atoms with Crippen LogP contribution in [0, 0.1) is 5.82 Å². The Bertz CT molecular complexity index is 1340. The van der Waals surface area contributed by atoms with Crippen LogP contribution in [0.15, 0.2) is 59.6 Å². The van der Waals surface area contributed by atoms with Gasteiger partial charge >= 0.3 is 12.2 Å². The van der Waals surface area contributed by atoms with Gasteiger partial charge in [-0.1, -0.05) is 29.3 Å². The summed E-state index contributed by atoms with van der Waals surface area (Å²) in [5, 5.41) is 5.07. The molecular weight excluding hydrogens is 527 g/mol. The fourth-order valence-electron chi connectivity index (χ4n) is 3.03. The molecule has 0 atom stereocenters. The minimum Gasteiger partial charge on any atom is -0.496 e. The third-order valence-electron chi connectivity index (χ3n) is 4.67. The van der Waals surface area contributed by atoms with Crippen molar-refractivity contribution in [3.05, 3.63) is 87.2 Å². The number of nitrogens with zero attached hydrogens (tertiary/aromatic N) is 1. The van der Waals surface area contributed by atoms with Crippen LogP contribution in [0.5, 0.6) is 5.75 Å². The number of rotatable bonds is 5. The van der Waals surface area contributed by atoms with Crippen LogP contribution in [0.25, 0.3) is 0 Å². The van der Waals surface area contributed by atoms with Crippen molar-refractivity contribution in [3.63, 3.8) is 0 Å². The second kappa shape index (κ2) is 10.8. The van der Waals surface area contributed by atoms with Crippen molar-refractivity contribution < 1.29 is 31.9 Å². The summed E-state index contributed by atoms with van der Waals surface area (Å²) in [7, 11) is 1.24. The van der Waals surface area contributed by atoms with E-state index in [9.17, 15) is 27.2 Å². The number of methoxy groups -OCH3 is 1. The Hall–Kier alpha value is -3.83. The predicted molar refractivity (Wildman–Crippen MR) is 129 cm³/mol. The van der Waals surface area contributed by atoms with Gasteiger partial charge in [-0.05, 0) is 42.5 Å². The first-order chi connectivity index (χ1) is 16.9. The van der Waals surface area contributed by atoms with Crippen molar-refractivity contribution in [2.75, 3.05) is 17.7 Å². The van der Waals surface area contributed by atoms with E-state index >= 15 is 0 Å². The maximum atomic E-state index is 13.5. The molecule has 0 aliphatic rings. The topological polar surface area (TPSA) is 106 Å². The van der Waals surface area contributed by atoms with Crippen molar-refractivity contribution in [1.29, 1.82) is 0 Å². The Morgan fingerprint density at radius 2 is 1.58 bits per heavy atom. The number of hydrogen-bond acceptors (Lipinski definition) is 3. The number of benzene rings is 3. The highest BCUT2D eigenvalue weighted by Crippen LogP contribution is 2.33. The summed E-state index contributed by atoms with van der Waals surface area (Å²) < 4.78 is 57.5. The van der Waals surface area contributed by atoms with Gasteiger partial charge in [-0.15, -0.1) is 0 Å². The zero-order chi connectivity index (χ0) is 26.6. The van der Waals surface area contributed by atoms with Crippen molar-refractivity contribution in [1.82, 2.24) is 0 Å². The van der Waals surface area contributed by atoms with Crippen LogP contribution in [0.4, 0.5) is 33.7 Å². The fraction of sp³-hybridized carbons (Fsp3) is 0.0870. The number of aliphatic imine (C=N–C) groups is 1. The molecule has 13 heteroatoms. The lowest BCUT2D eigenvalue weighted by molar-refractivity contribution is -0.139. The Balaban J connectivity index is 1.78. The van der Waals surface area contributed by atoms with Crippen LogP contribution in [0.2, 0.25) is 10.0 Å². The van der Waals surface area contributed by atoms with E-state index in [1.165, 1.54) is 37.4 Å². The predicted octanol–water partition coefficient (Wildman–Crippen LogP) is 6.35. The number of carbonyl (C=O) groups excluding carboxylic acids is 2. The van der Waals surface area contributed by atoms with Gasteiger partial charge in [0, 0.05) is 17.4 Å². The molecule has 4 N–H and O–H groups in total. The summed E-state index contributed by atoms with van der Waals surface area (Å²) in [4.78, 5) is 28.6. The summed E-state index contributed by atoms with van der Waals surface area (Å²) in [5.74, 6) is -2.56. The van der Waals surface area contributed by atoms with E-state index in [0.29, 0.717) is 12.1 Å². The van der Waals surface area contributed by atoms with Crippen LogP contribution in [0.3, 0.4) is 0 Å². The molecule has 0 spiro atoms. The van der Waals surface area contributed by atoms with Gasteiger partial charge in [0.2, 0.25) is 0 Å². The van der Waals surface area contributed by atoms with E-state index in [0.717, 1.165) is 6.07 Å². The Morgan fingerprint density at radius 3 is 2.19 bits per heavy atom. The Morgan fingerprint density at radius 1 is 0.972 bits per heavy atom. The van der Waals surface area contributed by atoms with Gasteiger partial charge in [-0.25, -0.2) is 9.18 Å². The van der Waals surface area contributed by atoms with Crippen LogP contribution >= 0.6 is 23.2 Å². The van der Waals surface area contributed by atoms with Gasteiger partial charge in [-0.2, -0.15) is 18.2 Å². The van der Waals surface area contributed by atoms with Crippen molar-refractivity contribution in [2.24, 2.45) is 10.7 Å². The Labute approximate surface area is 211 Å². The smallest absolute Gasteiger partial charge is 0.419 e. The number of hydrogen-bond donors (Lipinski definition) is 3. The number of ether oxygens (including phenoxy) is 1. The number of nitrogens with one attached hydrogen (secondary N) is 2. The number of amidine groups is 1. The summed E-state index contributed by atoms with van der Waals surface area (Å²) in [6.07, 6.45) is -4.94. The summed E-state index contributed by atoms with van der Waals surface area (Å²) in [5.41, 5.74) is 4.30. The molecule has 0 unspecified atom stereocenters. The van der Waals surface area contributed by atoms with E-state index < -0.39 is 29.5 Å². The van der Waals surface area contributed by atoms with E-state index in [-0.39, 0.29) is 44.1 Å². The molecule has 0 aliphatic heterocycles. The van der Waals surface area contributed by atoms with E-state index in [1.54, 1.807) is 6.07 Å². The number of urea groups is 1. The van der Waals surface area contributed by atoms with Gasteiger partial charge in [0.05, 0.1) is 33.8 Å². The molecule has 7 nitrogen and oxygen atoms in total. The van der Waals surface area contributed by atoms with Crippen molar-refractivity contribution >= 4 is 52.4 Å². The third kappa shape index (κ3) is 6.23. The SMILES string of the molecule is COc1cc(NC(=O)/N=C(\N)c2c(Cl)cccc2Cl)ccc1C(=O)Nc1ccc(F)c(C(F)(F)F)c1. The highest BCUT2D eigenvalue weighted by Gasteiger charge is 2.34. The molecule has 3 aromatic rings. The molecule has 0 radical (unpaired) electrons. The van der Waals surface area contributed by atoms with Crippen molar-refractivity contribution in [3.8, 4) is 5.75 Å². The molecule has 0 saturated heterocycles. The minimum atomic E-state index is -4.94. The second-order valence-electron chi connectivity index (χ2n) is 7.09. The van der Waals surface area contributed by atoms with Gasteiger partial charge in [-0.3, -0.25) is 4.79 Å². The van der Waals surface area contributed by atoms with Gasteiger partial charge < -0.3 is 21.1 Å². The summed E-state index contributed by atoms with van der Waals surface area (Å²) in [6.45, 7) is 0. The first-order valence-electron chi connectivity index (χ1n) is 9.86. The van der Waals surface area contributed by atoms with Crippen LogP contribution in [-0.2, 0) is 6.18 Å². The standard InChI is InChI=1S/C23H16Cl2F4N4O3/c1-36-18-10-12(32-22(35)33-20(30)19-15(24)3-2-4-16(19)25)5-7-13(18)21(34)31-11-6-8-17(26)14(9-11)23(27,28)29/h2-10H,1H3,(H,31,34)(H3,30,32,33,35). The minimum absolute atomic E-state index is 0.0189. The molecule has 3 aromatic carbocycles. The average molecular weight is 543 g/mol. The third-order valence-corrected chi connectivity index (χ3v) is 5.30. The molecule has 0 saturated carbocycles. The highest BCUT2D eigenvalue weighted by molar-refractivity contribution is 6.40. The molecule has 3 amide bonds. The maximum absolute atomic E-state index is 13.5. The zero-order valence-corrected chi connectivity index (χ0v) is 19.7. The lowest BCUT2D eigenvalue weighted by Crippen LogP contribution is -2.19. The molecule has 0 aromatic heterocycles. The Kier molecular flexibility index (Phi) is 8.06. The normalized spacial score (nSPS) is 11.7. The van der Waals surface area contributed by atoms with E-state index in [1.807, 2.05) is 0 Å². The number of nitrogens with two attached hydrogens (primary N) is 1. The summed E-state index contributed by atoms with van der Waals surface area (Å²) in [6, 6.07) is 9.68. The first kappa shape index (κ1) is 26.8. The molecule has 0 bridgehead atoms. The lowest BCUT2D eigenvalue weighted by Gasteiger charge is -2.13. The number of anilines is 2. The maximum Gasteiger partial charge on any atom is 0.419 e. The molecule has 36 heavy (non-hydrogen) atoms. The largest absolute Gasteiger partial charge is 0.496 e. The monoisotopic (exact) mass is 542 g/mol. The first-order valence-corrected chi connectivity index (χ1v) is 10.6. The van der Waals surface area contributed by atoms with E-state index in [2.05, 4.69) is 15.6 Å². The fourth-order valence-corrected chi connectivity index (χ4v) is 3.63. The summed E-state index contributed by atoms with van der Waals surface area (Å²) >= 11 is 12.1. The number of carbonyl (C=O) groups is 2. The quantitative estimate of drug-likeness (QED) is 0.198. The molecular formula is C23H16Cl2F4N4O3. The highest BCUT2D eigenvalue weighted by atomic mass is 35.5. The molecule has 3 rings (SSSR count). The zero-order valence-electron chi connectivity index (χ0n) is 18.2. The lowest BCUT2D eigenvalue weighted by atomic mass is 10.1. The number of halogens is 6. The average Bonchev–Trinajstić information content (AvgIpc) is 2.79. The van der Waals surface area contributed by atoms with Crippen LogP contribution in [-0.4, -0.2) is 24.9 Å². The number of amides is 3. The van der Waals surface area contributed by atoms with Crippen LogP contribution in [0.1, 0.15) is 21.5 Å².